The van der Waals surface area contributed by atoms with E-state index in [9.17, 15) is 15.2 Å². The molecule has 0 bridgehead atoms. The second kappa shape index (κ2) is 17.3. The minimum absolute atomic E-state index is 0.0486. The van der Waals surface area contributed by atoms with E-state index in [-0.39, 0.29) is 29.5 Å². The second-order valence-electron chi connectivity index (χ2n) is 17.9. The largest absolute Gasteiger partial charge is 0.508 e. The van der Waals surface area contributed by atoms with Crippen molar-refractivity contribution in [3.8, 4) is 23.1 Å². The van der Waals surface area contributed by atoms with E-state index in [1.165, 1.54) is 18.4 Å². The second-order valence-corrected chi connectivity index (χ2v) is 17.9. The van der Waals surface area contributed by atoms with Gasteiger partial charge in [0.05, 0.1) is 17.7 Å². The summed E-state index contributed by atoms with van der Waals surface area (Å²) in [6, 6.07) is 35.2. The summed E-state index contributed by atoms with van der Waals surface area (Å²) in [7, 11) is 4.04. The first-order chi connectivity index (χ1) is 30.9. The molecule has 2 aromatic heterocycles. The number of nitriles is 1. The summed E-state index contributed by atoms with van der Waals surface area (Å²) in [5.41, 5.74) is 10.9. The minimum atomic E-state index is -0.301. The minimum Gasteiger partial charge on any atom is -0.508 e. The first-order valence-corrected chi connectivity index (χ1v) is 22.4. The van der Waals surface area contributed by atoms with Gasteiger partial charge in [0.15, 0.2) is 0 Å². The molecule has 3 aliphatic rings. The van der Waals surface area contributed by atoms with Crippen molar-refractivity contribution in [3.63, 3.8) is 0 Å². The summed E-state index contributed by atoms with van der Waals surface area (Å²) in [5, 5.41) is 20.6. The van der Waals surface area contributed by atoms with E-state index in [1.54, 1.807) is 35.2 Å². The van der Waals surface area contributed by atoms with Crippen molar-refractivity contribution in [1.82, 2.24) is 23.8 Å². The van der Waals surface area contributed by atoms with Gasteiger partial charge in [0.1, 0.15) is 17.5 Å². The molecule has 1 aliphatic carbocycles. The maximum absolute atomic E-state index is 15.3. The van der Waals surface area contributed by atoms with E-state index < -0.39 is 0 Å². The van der Waals surface area contributed by atoms with Crippen LogP contribution in [0.1, 0.15) is 85.4 Å². The molecule has 1 N–H and O–H groups in total. The lowest BCUT2D eigenvalue weighted by molar-refractivity contribution is -0.131. The van der Waals surface area contributed by atoms with Gasteiger partial charge in [-0.05, 0) is 130 Å². The lowest BCUT2D eigenvalue weighted by Gasteiger charge is -2.36. The van der Waals surface area contributed by atoms with Crippen LogP contribution in [0.15, 0.2) is 103 Å². The number of hydrogen-bond acceptors (Lipinski definition) is 6. The van der Waals surface area contributed by atoms with Crippen LogP contribution in [0, 0.1) is 25.2 Å². The van der Waals surface area contributed by atoms with Gasteiger partial charge in [-0.3, -0.25) is 19.3 Å². The van der Waals surface area contributed by atoms with Crippen molar-refractivity contribution in [2.75, 3.05) is 25.0 Å². The molecular weight excluding hydrogens is 799 g/mol. The Kier molecular flexibility index (Phi) is 11.5. The van der Waals surface area contributed by atoms with E-state index in [4.69, 9.17) is 0 Å². The van der Waals surface area contributed by atoms with Crippen LogP contribution in [-0.2, 0) is 50.7 Å². The highest BCUT2D eigenvalue weighted by Gasteiger charge is 2.34. The zero-order chi connectivity index (χ0) is 44.8. The van der Waals surface area contributed by atoms with Crippen LogP contribution in [0.5, 0.6) is 5.75 Å². The van der Waals surface area contributed by atoms with Gasteiger partial charge in [-0.1, -0.05) is 54.6 Å². The first kappa shape index (κ1) is 42.4. The fourth-order valence-corrected chi connectivity index (χ4v) is 9.65. The molecule has 64 heavy (non-hydrogen) atoms. The Hall–Kier alpha value is -6.90. The number of hydrogen-bond donors (Lipinski definition) is 1. The van der Waals surface area contributed by atoms with Crippen molar-refractivity contribution < 1.29 is 19.5 Å². The normalized spacial score (nSPS) is 15.7. The molecule has 1 saturated carbocycles. The number of fused-ring (bicyclic) bond motifs is 2. The lowest BCUT2D eigenvalue weighted by Crippen LogP contribution is -2.43. The van der Waals surface area contributed by atoms with Gasteiger partial charge in [0.25, 0.3) is 11.8 Å². The van der Waals surface area contributed by atoms with Crippen LogP contribution in [0.2, 0.25) is 0 Å². The van der Waals surface area contributed by atoms with E-state index in [2.05, 4.69) is 43.1 Å². The number of rotatable bonds is 11. The third kappa shape index (κ3) is 8.10. The molecule has 1 atom stereocenters. The molecule has 0 unspecified atom stereocenters. The highest BCUT2D eigenvalue weighted by molar-refractivity contribution is 6.13. The van der Waals surface area contributed by atoms with Crippen molar-refractivity contribution in [1.29, 1.82) is 5.26 Å². The van der Waals surface area contributed by atoms with Gasteiger partial charge in [0.2, 0.25) is 5.91 Å². The number of likely N-dealkylation sites (N-methyl/N-ethyl adjacent to an activating group) is 1. The smallest absolute Gasteiger partial charge is 0.264 e. The highest BCUT2D eigenvalue weighted by atomic mass is 16.3. The monoisotopic (exact) mass is 853 g/mol. The zero-order valence-electron chi connectivity index (χ0n) is 37.3. The summed E-state index contributed by atoms with van der Waals surface area (Å²) in [4.78, 5) is 51.9. The van der Waals surface area contributed by atoms with Gasteiger partial charge in [0, 0.05) is 85.8 Å². The van der Waals surface area contributed by atoms with Crippen molar-refractivity contribution in [3.05, 3.63) is 159 Å². The molecule has 9 rings (SSSR count). The number of anilines is 2. The molecule has 4 heterocycles. The molecule has 326 valence electrons. The molecule has 0 spiro atoms. The average Bonchev–Trinajstić information content (AvgIpc) is 4.06. The molecule has 4 aromatic carbocycles. The number of phenols is 1. The summed E-state index contributed by atoms with van der Waals surface area (Å²) < 4.78 is 3.97. The topological polar surface area (TPSA) is 118 Å². The lowest BCUT2D eigenvalue weighted by atomic mass is 9.89. The number of carbonyl (C=O) groups is 3. The molecule has 3 amide bonds. The van der Waals surface area contributed by atoms with Crippen LogP contribution >= 0.6 is 0 Å². The molecule has 0 saturated heterocycles. The van der Waals surface area contributed by atoms with E-state index >= 15 is 9.59 Å². The predicted octanol–water partition coefficient (Wildman–Crippen LogP) is 8.47. The van der Waals surface area contributed by atoms with Crippen molar-refractivity contribution in [2.45, 2.75) is 84.6 Å². The third-order valence-electron chi connectivity index (χ3n) is 13.8. The fourth-order valence-electron chi connectivity index (χ4n) is 9.65. The standard InChI is InChI=1S/C53H55N7O4/c1-34-25-38-13-9-10-14-40(38)33-59(34)52(63)48-28-41-32-57(51(62)26-37-11-7-6-8-12-37)22-21-39(41)27-47(48)50-30-46(35(2)56(50)5)53(64)60(43-17-19-45(61)20-18-43)49-29-44(31-54)58(36(49)3)24-23-55(4)42-15-16-42/h6-14,17-20,27-30,34,42,61H,15-16,21-26,32-33H2,1-5H3/t34-/m1/s1. The Morgan fingerprint density at radius 3 is 2.27 bits per heavy atom. The Labute approximate surface area is 375 Å². The summed E-state index contributed by atoms with van der Waals surface area (Å²) in [6.07, 6.45) is 4.04. The summed E-state index contributed by atoms with van der Waals surface area (Å²) in [6.45, 7) is 8.76. The number of amides is 3. The van der Waals surface area contributed by atoms with Crippen LogP contribution in [0.4, 0.5) is 11.4 Å². The van der Waals surface area contributed by atoms with Crippen LogP contribution < -0.4 is 4.90 Å². The molecule has 2 aliphatic heterocycles. The van der Waals surface area contributed by atoms with E-state index in [0.29, 0.717) is 79.0 Å². The van der Waals surface area contributed by atoms with Crippen molar-refractivity contribution >= 4 is 29.1 Å². The number of aromatic hydroxyl groups is 1. The quantitative estimate of drug-likeness (QED) is 0.140. The highest BCUT2D eigenvalue weighted by Crippen LogP contribution is 2.39. The molecular formula is C53H55N7O4. The Morgan fingerprint density at radius 2 is 1.55 bits per heavy atom. The maximum atomic E-state index is 15.3. The summed E-state index contributed by atoms with van der Waals surface area (Å²) >= 11 is 0. The Bertz CT molecular complexity index is 2810. The van der Waals surface area contributed by atoms with Crippen LogP contribution in [-0.4, -0.2) is 78.9 Å². The zero-order valence-corrected chi connectivity index (χ0v) is 37.3. The van der Waals surface area contributed by atoms with Gasteiger partial charge in [-0.15, -0.1) is 0 Å². The Morgan fingerprint density at radius 1 is 0.828 bits per heavy atom. The third-order valence-corrected chi connectivity index (χ3v) is 13.8. The van der Waals surface area contributed by atoms with Gasteiger partial charge >= 0.3 is 0 Å². The maximum Gasteiger partial charge on any atom is 0.264 e. The predicted molar refractivity (Wildman–Crippen MR) is 248 cm³/mol. The van der Waals surface area contributed by atoms with Crippen LogP contribution in [0.25, 0.3) is 11.3 Å². The fraction of sp³-hybridized carbons (Fsp3) is 0.321. The van der Waals surface area contributed by atoms with Gasteiger partial charge in [-0.25, -0.2) is 0 Å². The number of phenolic OH excluding ortho intramolecular Hbond substituents is 1. The first-order valence-electron chi connectivity index (χ1n) is 22.4. The SMILES string of the molecule is Cc1c(C(=O)N(c2ccc(O)cc2)c2cc(C#N)n(CCN(C)C3CC3)c2C)cc(-c2cc3c(cc2C(=O)N2Cc4ccccc4C[C@H]2C)CN(C(=O)Cc2ccccc2)CC3)n1C. The van der Waals surface area contributed by atoms with Gasteiger partial charge < -0.3 is 28.9 Å². The number of benzene rings is 4. The van der Waals surface area contributed by atoms with E-state index in [0.717, 1.165) is 52.2 Å². The van der Waals surface area contributed by atoms with Crippen LogP contribution in [0.3, 0.4) is 0 Å². The van der Waals surface area contributed by atoms with E-state index in [1.807, 2.05) is 94.4 Å². The Balaban J connectivity index is 1.12. The molecule has 1 fully saturated rings. The number of aromatic nitrogens is 2. The average molecular weight is 854 g/mol. The molecule has 11 nitrogen and oxygen atoms in total. The molecule has 6 aromatic rings. The number of carbonyl (C=O) groups excluding carboxylic acids is 3. The molecule has 11 heteroatoms. The van der Waals surface area contributed by atoms with Gasteiger partial charge in [-0.2, -0.15) is 5.26 Å². The van der Waals surface area contributed by atoms with Crippen molar-refractivity contribution in [2.24, 2.45) is 7.05 Å². The summed E-state index contributed by atoms with van der Waals surface area (Å²) in [5.74, 6) is -0.278. The molecule has 0 radical (unpaired) electrons. The number of nitrogens with zero attached hydrogens (tertiary/aromatic N) is 7.